The fourth-order valence-electron chi connectivity index (χ4n) is 4.55. The summed E-state index contributed by atoms with van der Waals surface area (Å²) < 4.78 is 2.12. The van der Waals surface area contributed by atoms with Gasteiger partial charge >= 0.3 is 0 Å². The van der Waals surface area contributed by atoms with Crippen LogP contribution in [-0.2, 0) is 5.54 Å². The first-order chi connectivity index (χ1) is 16.9. The minimum atomic E-state index is -0.725. The molecule has 35 heavy (non-hydrogen) atoms. The molecule has 0 fully saturated rings. The van der Waals surface area contributed by atoms with Crippen molar-refractivity contribution in [1.82, 2.24) is 19.5 Å². The summed E-state index contributed by atoms with van der Waals surface area (Å²) in [4.78, 5) is 14.0. The van der Waals surface area contributed by atoms with Gasteiger partial charge in [0.05, 0.1) is 6.33 Å². The second kappa shape index (κ2) is 9.16. The van der Waals surface area contributed by atoms with Gasteiger partial charge in [-0.3, -0.25) is 4.57 Å². The number of nitrogens with one attached hydrogen (secondary N) is 1. The van der Waals surface area contributed by atoms with Crippen LogP contribution in [0, 0.1) is 5.41 Å². The summed E-state index contributed by atoms with van der Waals surface area (Å²) in [7, 11) is 0. The molecule has 5 rings (SSSR count). The van der Waals surface area contributed by atoms with Crippen LogP contribution < -0.4 is 5.32 Å². The summed E-state index contributed by atoms with van der Waals surface area (Å²) in [5.74, 6) is 0.636. The number of hydrogen-bond donors (Lipinski definition) is 1. The molecule has 0 spiro atoms. The van der Waals surface area contributed by atoms with Gasteiger partial charge in [-0.05, 0) is 33.7 Å². The zero-order valence-corrected chi connectivity index (χ0v) is 20.9. The average molecular weight is 482 g/mol. The van der Waals surface area contributed by atoms with Crippen LogP contribution in [0.3, 0.4) is 0 Å². The highest BCUT2D eigenvalue weighted by molar-refractivity contribution is 6.28. The molecule has 0 aliphatic carbocycles. The summed E-state index contributed by atoms with van der Waals surface area (Å²) in [6.07, 6.45) is 1.85. The van der Waals surface area contributed by atoms with Crippen molar-refractivity contribution < 1.29 is 0 Å². The zero-order chi connectivity index (χ0) is 24.5. The highest BCUT2D eigenvalue weighted by atomic mass is 35.5. The van der Waals surface area contributed by atoms with E-state index in [1.54, 1.807) is 0 Å². The summed E-state index contributed by atoms with van der Waals surface area (Å²) in [5, 5.41) is 3.62. The molecule has 2 heterocycles. The Kier molecular flexibility index (Phi) is 6.03. The van der Waals surface area contributed by atoms with E-state index < -0.39 is 5.54 Å². The van der Waals surface area contributed by atoms with Gasteiger partial charge in [0.25, 0.3) is 0 Å². The lowest BCUT2D eigenvalue weighted by Crippen LogP contribution is -2.37. The van der Waals surface area contributed by atoms with Gasteiger partial charge in [-0.25, -0.2) is 4.98 Å². The van der Waals surface area contributed by atoms with Crippen LogP contribution in [0.15, 0.2) is 97.3 Å². The normalized spacial score (nSPS) is 12.1. The monoisotopic (exact) mass is 481 g/mol. The number of halogens is 1. The molecule has 0 unspecified atom stereocenters. The molecule has 176 valence electrons. The standard InChI is InChI=1S/C29H28ClN5/c1-28(2,3)19-31-25-24-26(34-27(30)33-25)35(20-32-24)29(21-13-7-4-8-14-21,22-15-9-5-10-16-22)23-17-11-6-12-18-23/h4-18,20H,19H2,1-3H3,(H,31,33,34). The van der Waals surface area contributed by atoms with Gasteiger partial charge in [0, 0.05) is 6.54 Å². The van der Waals surface area contributed by atoms with Crippen LogP contribution in [0.2, 0.25) is 5.28 Å². The maximum Gasteiger partial charge on any atom is 0.226 e. The Morgan fingerprint density at radius 3 is 1.69 bits per heavy atom. The Bertz CT molecular complexity index is 1330. The Hall–Kier alpha value is -3.70. The van der Waals surface area contributed by atoms with Crippen LogP contribution in [0.4, 0.5) is 5.82 Å². The van der Waals surface area contributed by atoms with E-state index in [2.05, 4.69) is 108 Å². The lowest BCUT2D eigenvalue weighted by Gasteiger charge is -2.37. The molecule has 0 bridgehead atoms. The highest BCUT2D eigenvalue weighted by Gasteiger charge is 2.40. The number of imidazole rings is 1. The quantitative estimate of drug-likeness (QED) is 0.214. The van der Waals surface area contributed by atoms with E-state index in [9.17, 15) is 0 Å². The molecule has 0 saturated heterocycles. The largest absolute Gasteiger partial charge is 0.368 e. The van der Waals surface area contributed by atoms with Gasteiger partial charge in [-0.15, -0.1) is 0 Å². The van der Waals surface area contributed by atoms with E-state index in [0.717, 1.165) is 23.2 Å². The van der Waals surface area contributed by atoms with Gasteiger partial charge in [0.2, 0.25) is 5.28 Å². The molecule has 0 amide bonds. The molecular formula is C29H28ClN5. The number of rotatable bonds is 6. The maximum absolute atomic E-state index is 6.49. The Morgan fingerprint density at radius 1 is 0.743 bits per heavy atom. The molecule has 0 atom stereocenters. The second-order valence-electron chi connectivity index (χ2n) is 9.85. The predicted molar refractivity (Wildman–Crippen MR) is 143 cm³/mol. The molecule has 0 radical (unpaired) electrons. The predicted octanol–water partition coefficient (Wildman–Crippen LogP) is 6.78. The number of benzene rings is 3. The molecule has 0 aliphatic heterocycles. The van der Waals surface area contributed by atoms with E-state index in [-0.39, 0.29) is 10.7 Å². The van der Waals surface area contributed by atoms with Crippen LogP contribution in [0.25, 0.3) is 11.2 Å². The van der Waals surface area contributed by atoms with E-state index in [1.807, 2.05) is 24.5 Å². The Labute approximate surface area is 210 Å². The number of fused-ring (bicyclic) bond motifs is 1. The third kappa shape index (κ3) is 4.28. The summed E-state index contributed by atoms with van der Waals surface area (Å²) in [6, 6.07) is 31.3. The molecule has 0 aliphatic rings. The van der Waals surface area contributed by atoms with Gasteiger partial charge in [-0.1, -0.05) is 112 Å². The van der Waals surface area contributed by atoms with Gasteiger partial charge in [0.15, 0.2) is 17.0 Å². The lowest BCUT2D eigenvalue weighted by molar-refractivity contribution is 0.442. The van der Waals surface area contributed by atoms with E-state index in [4.69, 9.17) is 21.6 Å². The van der Waals surface area contributed by atoms with Crippen molar-refractivity contribution >= 4 is 28.6 Å². The molecule has 5 aromatic rings. The van der Waals surface area contributed by atoms with Crippen molar-refractivity contribution in [3.05, 3.63) is 119 Å². The highest BCUT2D eigenvalue weighted by Crippen LogP contribution is 2.42. The average Bonchev–Trinajstić information content (AvgIpc) is 3.29. The summed E-state index contributed by atoms with van der Waals surface area (Å²) in [6.45, 7) is 7.24. The third-order valence-corrected chi connectivity index (χ3v) is 6.26. The first kappa shape index (κ1) is 23.1. The topological polar surface area (TPSA) is 55.6 Å². The second-order valence-corrected chi connectivity index (χ2v) is 10.2. The molecule has 5 nitrogen and oxygen atoms in total. The summed E-state index contributed by atoms with van der Waals surface area (Å²) >= 11 is 6.49. The number of anilines is 1. The molecule has 0 saturated carbocycles. The lowest BCUT2D eigenvalue weighted by atomic mass is 9.76. The minimum Gasteiger partial charge on any atom is -0.368 e. The van der Waals surface area contributed by atoms with Crippen LogP contribution >= 0.6 is 11.6 Å². The first-order valence-electron chi connectivity index (χ1n) is 11.7. The van der Waals surface area contributed by atoms with Crippen LogP contribution in [0.5, 0.6) is 0 Å². The number of hydrogen-bond acceptors (Lipinski definition) is 4. The number of aromatic nitrogens is 4. The molecule has 6 heteroatoms. The molecule has 2 aromatic heterocycles. The van der Waals surface area contributed by atoms with Crippen molar-refractivity contribution in [1.29, 1.82) is 0 Å². The Balaban J connectivity index is 1.85. The van der Waals surface area contributed by atoms with E-state index in [1.165, 1.54) is 0 Å². The summed E-state index contributed by atoms with van der Waals surface area (Å²) in [5.41, 5.74) is 3.97. The SMILES string of the molecule is CC(C)(C)CNc1nc(Cl)nc2c1ncn2C(c1ccccc1)(c1ccccc1)c1ccccc1. The van der Waals surface area contributed by atoms with Gasteiger partial charge in [-0.2, -0.15) is 9.97 Å². The van der Waals surface area contributed by atoms with Crippen molar-refractivity contribution in [3.8, 4) is 0 Å². The minimum absolute atomic E-state index is 0.0637. The molecule has 1 N–H and O–H groups in total. The fraction of sp³-hybridized carbons (Fsp3) is 0.207. The van der Waals surface area contributed by atoms with Crippen LogP contribution in [-0.4, -0.2) is 26.1 Å². The van der Waals surface area contributed by atoms with E-state index >= 15 is 0 Å². The first-order valence-corrected chi connectivity index (χ1v) is 12.1. The molecular weight excluding hydrogens is 454 g/mol. The van der Waals surface area contributed by atoms with Crippen molar-refractivity contribution in [2.75, 3.05) is 11.9 Å². The smallest absolute Gasteiger partial charge is 0.226 e. The van der Waals surface area contributed by atoms with E-state index in [0.29, 0.717) is 17.0 Å². The van der Waals surface area contributed by atoms with Crippen molar-refractivity contribution in [2.24, 2.45) is 5.41 Å². The Morgan fingerprint density at radius 2 is 1.23 bits per heavy atom. The maximum atomic E-state index is 6.49. The molecule has 3 aromatic carbocycles. The van der Waals surface area contributed by atoms with Crippen LogP contribution in [0.1, 0.15) is 37.5 Å². The fourth-order valence-corrected chi connectivity index (χ4v) is 4.71. The zero-order valence-electron chi connectivity index (χ0n) is 20.1. The van der Waals surface area contributed by atoms with Gasteiger partial charge < -0.3 is 5.32 Å². The van der Waals surface area contributed by atoms with Crippen molar-refractivity contribution in [2.45, 2.75) is 26.3 Å². The third-order valence-electron chi connectivity index (χ3n) is 6.09. The van der Waals surface area contributed by atoms with Crippen molar-refractivity contribution in [3.63, 3.8) is 0 Å². The van der Waals surface area contributed by atoms with Gasteiger partial charge in [0.1, 0.15) is 5.54 Å². The number of nitrogens with zero attached hydrogens (tertiary/aromatic N) is 4.